The predicted octanol–water partition coefficient (Wildman–Crippen LogP) is 2.21. The average Bonchev–Trinajstić information content (AvgIpc) is 2.66. The average molecular weight is 468 g/mol. The number of hydrogen-bond donors (Lipinski definition) is 3. The van der Waals surface area contributed by atoms with Crippen LogP contribution in [0.3, 0.4) is 0 Å². The molecule has 2 aromatic rings. The highest BCUT2D eigenvalue weighted by molar-refractivity contribution is 7.89. The van der Waals surface area contributed by atoms with Crippen LogP contribution < -0.4 is 15.2 Å². The molecule has 0 aliphatic carbocycles. The van der Waals surface area contributed by atoms with Crippen molar-refractivity contribution in [3.05, 3.63) is 59.7 Å². The van der Waals surface area contributed by atoms with Crippen molar-refractivity contribution in [1.29, 1.82) is 0 Å². The quantitative estimate of drug-likeness (QED) is 0.520. The summed E-state index contributed by atoms with van der Waals surface area (Å²) in [5.41, 5.74) is 1.59. The molecule has 0 aliphatic rings. The van der Waals surface area contributed by atoms with E-state index in [1.807, 2.05) is 20.8 Å². The summed E-state index contributed by atoms with van der Waals surface area (Å²) in [6.07, 6.45) is 0.313. The summed E-state index contributed by atoms with van der Waals surface area (Å²) in [5.74, 6) is -0.395. The highest BCUT2D eigenvalue weighted by atomic mass is 32.2. The highest BCUT2D eigenvalue weighted by Crippen LogP contribution is 2.18. The lowest BCUT2D eigenvalue weighted by molar-refractivity contribution is -0.123. The first kappa shape index (κ1) is 25.0. The van der Waals surface area contributed by atoms with Crippen LogP contribution in [0.25, 0.3) is 0 Å². The van der Waals surface area contributed by atoms with Crippen LogP contribution in [-0.2, 0) is 24.8 Å². The number of rotatable bonds is 9. The van der Waals surface area contributed by atoms with Crippen LogP contribution in [0, 0.1) is 12.8 Å². The molecule has 0 heterocycles. The van der Waals surface area contributed by atoms with Crippen molar-refractivity contribution in [1.82, 2.24) is 10.0 Å². The third-order valence-corrected chi connectivity index (χ3v) is 7.14. The first-order valence-electron chi connectivity index (χ1n) is 9.81. The zero-order valence-electron chi connectivity index (χ0n) is 18.0. The Balaban J connectivity index is 2.18. The number of carbonyl (C=O) groups excluding carboxylic acids is 1. The van der Waals surface area contributed by atoms with Gasteiger partial charge in [0.2, 0.25) is 26.0 Å². The van der Waals surface area contributed by atoms with Gasteiger partial charge in [0.05, 0.1) is 15.8 Å². The number of carbonyl (C=O) groups is 1. The van der Waals surface area contributed by atoms with Gasteiger partial charge in [-0.05, 0) is 56.0 Å². The summed E-state index contributed by atoms with van der Waals surface area (Å²) in [6, 6.07) is 10.8. The molecule has 8 nitrogen and oxygen atoms in total. The molecule has 0 aliphatic heterocycles. The number of amides is 1. The van der Waals surface area contributed by atoms with E-state index < -0.39 is 38.0 Å². The second-order valence-electron chi connectivity index (χ2n) is 7.96. The van der Waals surface area contributed by atoms with Crippen molar-refractivity contribution in [2.75, 3.05) is 0 Å². The predicted molar refractivity (Wildman–Crippen MR) is 119 cm³/mol. The van der Waals surface area contributed by atoms with Gasteiger partial charge in [0.15, 0.2) is 0 Å². The standard InChI is InChI=1S/C21H29N3O5S2/c1-14(2)13-20(24-31(28,29)19-9-5-15(3)6-10-19)21(25)23-16(4)17-7-11-18(12-8-17)30(22,26)27/h5-12,14,16,20,24H,13H2,1-4H3,(H,23,25)(H2,22,26,27)/t16-,20+/m0/s1. The van der Waals surface area contributed by atoms with Crippen LogP contribution >= 0.6 is 0 Å². The van der Waals surface area contributed by atoms with Crippen LogP contribution in [0.4, 0.5) is 0 Å². The maximum atomic E-state index is 12.9. The topological polar surface area (TPSA) is 135 Å². The van der Waals surface area contributed by atoms with Crippen LogP contribution in [-0.4, -0.2) is 28.8 Å². The minimum Gasteiger partial charge on any atom is -0.348 e. The van der Waals surface area contributed by atoms with Gasteiger partial charge < -0.3 is 5.32 Å². The van der Waals surface area contributed by atoms with Crippen LogP contribution in [0.2, 0.25) is 0 Å². The van der Waals surface area contributed by atoms with E-state index in [4.69, 9.17) is 5.14 Å². The Bertz CT molecular complexity index is 1110. The molecule has 0 saturated heterocycles. The summed E-state index contributed by atoms with van der Waals surface area (Å²) >= 11 is 0. The second kappa shape index (κ2) is 9.90. The Morgan fingerprint density at radius 1 is 0.903 bits per heavy atom. The Morgan fingerprint density at radius 2 is 1.42 bits per heavy atom. The molecule has 0 aromatic heterocycles. The zero-order valence-corrected chi connectivity index (χ0v) is 19.6. The minimum absolute atomic E-state index is 0.0293. The monoisotopic (exact) mass is 467 g/mol. The molecule has 2 aromatic carbocycles. The molecular weight excluding hydrogens is 438 g/mol. The number of benzene rings is 2. The van der Waals surface area contributed by atoms with E-state index in [2.05, 4.69) is 10.0 Å². The number of nitrogens with two attached hydrogens (primary N) is 1. The number of aryl methyl sites for hydroxylation is 1. The molecule has 1 amide bonds. The smallest absolute Gasteiger partial charge is 0.241 e. The van der Waals surface area contributed by atoms with Gasteiger partial charge in [-0.3, -0.25) is 4.79 Å². The zero-order chi connectivity index (χ0) is 23.4. The van der Waals surface area contributed by atoms with Crippen molar-refractivity contribution in [3.8, 4) is 0 Å². The maximum absolute atomic E-state index is 12.9. The van der Waals surface area contributed by atoms with Crippen LogP contribution in [0.15, 0.2) is 58.3 Å². The van der Waals surface area contributed by atoms with Gasteiger partial charge in [0.25, 0.3) is 0 Å². The molecule has 0 saturated carbocycles. The fraction of sp³-hybridized carbons (Fsp3) is 0.381. The third kappa shape index (κ3) is 7.13. The number of sulfonamides is 2. The van der Waals surface area contributed by atoms with Crippen molar-refractivity contribution < 1.29 is 21.6 Å². The fourth-order valence-corrected chi connectivity index (χ4v) is 4.72. The molecule has 2 rings (SSSR count). The highest BCUT2D eigenvalue weighted by Gasteiger charge is 2.27. The lowest BCUT2D eigenvalue weighted by Crippen LogP contribution is -2.47. The molecule has 4 N–H and O–H groups in total. The van der Waals surface area contributed by atoms with E-state index >= 15 is 0 Å². The molecule has 0 bridgehead atoms. The number of hydrogen-bond acceptors (Lipinski definition) is 5. The molecule has 10 heteroatoms. The van der Waals surface area contributed by atoms with E-state index in [0.717, 1.165) is 5.56 Å². The number of nitrogens with one attached hydrogen (secondary N) is 2. The van der Waals surface area contributed by atoms with E-state index in [9.17, 15) is 21.6 Å². The van der Waals surface area contributed by atoms with Crippen LogP contribution in [0.5, 0.6) is 0 Å². The Hall–Kier alpha value is -2.27. The summed E-state index contributed by atoms with van der Waals surface area (Å²) < 4.78 is 50.8. The summed E-state index contributed by atoms with van der Waals surface area (Å²) in [7, 11) is -7.69. The van der Waals surface area contributed by atoms with Crippen molar-refractivity contribution in [3.63, 3.8) is 0 Å². The van der Waals surface area contributed by atoms with Crippen molar-refractivity contribution in [2.45, 2.75) is 56.0 Å². The first-order chi connectivity index (χ1) is 14.3. The van der Waals surface area contributed by atoms with E-state index in [0.29, 0.717) is 12.0 Å². The molecule has 0 radical (unpaired) electrons. The SMILES string of the molecule is Cc1ccc(S(=O)(=O)N[C@H](CC(C)C)C(=O)N[C@@H](C)c2ccc(S(N)(=O)=O)cc2)cc1. The van der Waals surface area contributed by atoms with Gasteiger partial charge in [0, 0.05) is 0 Å². The molecular formula is C21H29N3O5S2. The molecule has 2 atom stereocenters. The van der Waals surface area contributed by atoms with Crippen molar-refractivity contribution >= 4 is 26.0 Å². The molecule has 170 valence electrons. The summed E-state index contributed by atoms with van der Waals surface area (Å²) in [4.78, 5) is 13.0. The van der Waals surface area contributed by atoms with Gasteiger partial charge >= 0.3 is 0 Å². The van der Waals surface area contributed by atoms with E-state index in [1.165, 1.54) is 24.3 Å². The van der Waals surface area contributed by atoms with Gasteiger partial charge in [-0.25, -0.2) is 22.0 Å². The number of primary sulfonamides is 1. The van der Waals surface area contributed by atoms with Gasteiger partial charge in [-0.15, -0.1) is 0 Å². The summed E-state index contributed by atoms with van der Waals surface area (Å²) in [6.45, 7) is 7.38. The lowest BCUT2D eigenvalue weighted by atomic mass is 10.0. The Labute approximate surface area is 184 Å². The largest absolute Gasteiger partial charge is 0.348 e. The maximum Gasteiger partial charge on any atom is 0.241 e. The first-order valence-corrected chi connectivity index (χ1v) is 12.8. The molecule has 0 fully saturated rings. The Morgan fingerprint density at radius 3 is 1.90 bits per heavy atom. The molecule has 31 heavy (non-hydrogen) atoms. The Kier molecular flexibility index (Phi) is 7.98. The minimum atomic E-state index is -3.88. The normalized spacial score (nSPS) is 14.3. The van der Waals surface area contributed by atoms with E-state index in [1.54, 1.807) is 31.2 Å². The fourth-order valence-electron chi connectivity index (χ4n) is 3.00. The van der Waals surface area contributed by atoms with Gasteiger partial charge in [-0.1, -0.05) is 43.7 Å². The van der Waals surface area contributed by atoms with Gasteiger partial charge in [0.1, 0.15) is 6.04 Å². The molecule has 0 unspecified atom stereocenters. The molecule has 0 spiro atoms. The van der Waals surface area contributed by atoms with Crippen molar-refractivity contribution in [2.24, 2.45) is 11.1 Å². The summed E-state index contributed by atoms with van der Waals surface area (Å²) in [5, 5.41) is 7.90. The van der Waals surface area contributed by atoms with Gasteiger partial charge in [-0.2, -0.15) is 4.72 Å². The third-order valence-electron chi connectivity index (χ3n) is 4.72. The second-order valence-corrected chi connectivity index (χ2v) is 11.2. The van der Waals surface area contributed by atoms with E-state index in [-0.39, 0.29) is 15.7 Å². The van der Waals surface area contributed by atoms with Crippen LogP contribution in [0.1, 0.15) is 44.4 Å². The lowest BCUT2D eigenvalue weighted by Gasteiger charge is -2.23.